The Balaban J connectivity index is 3.35. The van der Waals surface area contributed by atoms with E-state index in [1.54, 1.807) is 6.08 Å². The van der Waals surface area contributed by atoms with Crippen molar-refractivity contribution in [1.29, 1.82) is 0 Å². The van der Waals surface area contributed by atoms with Gasteiger partial charge in [-0.15, -0.1) is 18.4 Å². The molecule has 0 saturated carbocycles. The van der Waals surface area contributed by atoms with Crippen molar-refractivity contribution in [2.75, 3.05) is 19.8 Å². The van der Waals surface area contributed by atoms with Crippen molar-refractivity contribution >= 4 is 10.3 Å². The van der Waals surface area contributed by atoms with Gasteiger partial charge in [0.25, 0.3) is 0 Å². The van der Waals surface area contributed by atoms with Gasteiger partial charge in [-0.05, 0) is 0 Å². The number of hydrogen-bond donors (Lipinski definition) is 1. The zero-order valence-electron chi connectivity index (χ0n) is 8.44. The zero-order valence-corrected chi connectivity index (χ0v) is 9.26. The SMILES string of the molecule is C=CCOCCC#CCCOS(N)(=O)=O. The fraction of sp³-hybridized carbons (Fsp3) is 0.556. The Morgan fingerprint density at radius 3 is 2.40 bits per heavy atom. The Kier molecular flexibility index (Phi) is 7.95. The lowest BCUT2D eigenvalue weighted by Crippen LogP contribution is -2.16. The van der Waals surface area contributed by atoms with Crippen LogP contribution in [-0.2, 0) is 19.2 Å². The fourth-order valence-electron chi connectivity index (χ4n) is 0.675. The molecule has 5 nitrogen and oxygen atoms in total. The highest BCUT2D eigenvalue weighted by Crippen LogP contribution is 1.86. The molecule has 0 aliphatic rings. The van der Waals surface area contributed by atoms with E-state index in [0.717, 1.165) is 0 Å². The molecule has 0 aromatic carbocycles. The maximum atomic E-state index is 10.3. The van der Waals surface area contributed by atoms with Crippen molar-refractivity contribution in [2.24, 2.45) is 5.14 Å². The van der Waals surface area contributed by atoms with Gasteiger partial charge < -0.3 is 4.74 Å². The van der Waals surface area contributed by atoms with Gasteiger partial charge in [-0.3, -0.25) is 4.18 Å². The summed E-state index contributed by atoms with van der Waals surface area (Å²) in [6.45, 7) is 4.53. The molecule has 0 radical (unpaired) electrons. The molecular weight excluding hydrogens is 218 g/mol. The summed E-state index contributed by atoms with van der Waals surface area (Å²) in [6, 6.07) is 0. The van der Waals surface area contributed by atoms with E-state index in [4.69, 9.17) is 4.74 Å². The monoisotopic (exact) mass is 233 g/mol. The Morgan fingerprint density at radius 2 is 1.87 bits per heavy atom. The Bertz CT molecular complexity index is 326. The van der Waals surface area contributed by atoms with Crippen LogP contribution in [0.15, 0.2) is 12.7 Å². The molecule has 0 rings (SSSR count). The van der Waals surface area contributed by atoms with Gasteiger partial charge in [-0.1, -0.05) is 6.08 Å². The zero-order chi connectivity index (χ0) is 11.6. The summed E-state index contributed by atoms with van der Waals surface area (Å²) in [5.74, 6) is 5.54. The van der Waals surface area contributed by atoms with Crippen LogP contribution in [-0.4, -0.2) is 28.2 Å². The molecule has 0 fully saturated rings. The Labute approximate surface area is 90.5 Å². The molecule has 0 aliphatic heterocycles. The average Bonchev–Trinajstić information content (AvgIpc) is 2.14. The van der Waals surface area contributed by atoms with Crippen molar-refractivity contribution in [3.63, 3.8) is 0 Å². The van der Waals surface area contributed by atoms with Gasteiger partial charge in [-0.2, -0.15) is 8.42 Å². The van der Waals surface area contributed by atoms with Gasteiger partial charge in [0.1, 0.15) is 0 Å². The average molecular weight is 233 g/mol. The quantitative estimate of drug-likeness (QED) is 0.387. The lowest BCUT2D eigenvalue weighted by Gasteiger charge is -1.95. The summed E-state index contributed by atoms with van der Waals surface area (Å²) < 4.78 is 30.0. The molecule has 0 aliphatic carbocycles. The molecule has 86 valence electrons. The summed E-state index contributed by atoms with van der Waals surface area (Å²) in [5.41, 5.74) is 0. The van der Waals surface area contributed by atoms with E-state index in [1.807, 2.05) is 0 Å². The van der Waals surface area contributed by atoms with E-state index in [-0.39, 0.29) is 6.61 Å². The minimum atomic E-state index is -3.83. The molecule has 0 atom stereocenters. The topological polar surface area (TPSA) is 78.6 Å². The van der Waals surface area contributed by atoms with Gasteiger partial charge in [0.05, 0.1) is 19.8 Å². The largest absolute Gasteiger partial charge is 0.376 e. The normalized spacial score (nSPS) is 10.5. The second-order valence-corrected chi connectivity index (χ2v) is 3.75. The molecule has 6 heteroatoms. The third-order valence-electron chi connectivity index (χ3n) is 1.21. The van der Waals surface area contributed by atoms with E-state index in [0.29, 0.717) is 26.1 Å². The third kappa shape index (κ3) is 13.1. The van der Waals surface area contributed by atoms with Crippen LogP contribution in [0.5, 0.6) is 0 Å². The van der Waals surface area contributed by atoms with Crippen LogP contribution in [0, 0.1) is 11.8 Å². The maximum absolute atomic E-state index is 10.3. The van der Waals surface area contributed by atoms with E-state index >= 15 is 0 Å². The minimum absolute atomic E-state index is 0.0145. The summed E-state index contributed by atoms with van der Waals surface area (Å²) in [5, 5.41) is 4.60. The van der Waals surface area contributed by atoms with Gasteiger partial charge in [-0.25, -0.2) is 5.14 Å². The second-order valence-electron chi connectivity index (χ2n) is 2.53. The molecule has 0 aromatic rings. The molecule has 0 bridgehead atoms. The first-order chi connectivity index (χ1) is 7.06. The van der Waals surface area contributed by atoms with Crippen molar-refractivity contribution in [3.05, 3.63) is 12.7 Å². The molecule has 15 heavy (non-hydrogen) atoms. The smallest absolute Gasteiger partial charge is 0.333 e. The van der Waals surface area contributed by atoms with Gasteiger partial charge >= 0.3 is 10.3 Å². The molecule has 0 unspecified atom stereocenters. The molecular formula is C9H15NO4S. The van der Waals surface area contributed by atoms with E-state index < -0.39 is 10.3 Å². The molecule has 0 saturated heterocycles. The van der Waals surface area contributed by atoms with Gasteiger partial charge in [0.15, 0.2) is 0 Å². The van der Waals surface area contributed by atoms with Crippen LogP contribution < -0.4 is 5.14 Å². The van der Waals surface area contributed by atoms with Crippen LogP contribution in [0.2, 0.25) is 0 Å². The van der Waals surface area contributed by atoms with E-state index in [2.05, 4.69) is 27.7 Å². The summed E-state index contributed by atoms with van der Waals surface area (Å²) in [4.78, 5) is 0. The van der Waals surface area contributed by atoms with Crippen molar-refractivity contribution in [1.82, 2.24) is 0 Å². The van der Waals surface area contributed by atoms with E-state index in [9.17, 15) is 8.42 Å². The first kappa shape index (κ1) is 14.1. The third-order valence-corrected chi connectivity index (χ3v) is 1.70. The van der Waals surface area contributed by atoms with Gasteiger partial charge in [0, 0.05) is 12.8 Å². The van der Waals surface area contributed by atoms with E-state index in [1.165, 1.54) is 0 Å². The number of ether oxygens (including phenoxy) is 1. The predicted octanol–water partition coefficient (Wildman–Crippen LogP) is 0.193. The Morgan fingerprint density at radius 1 is 1.27 bits per heavy atom. The number of nitrogens with two attached hydrogens (primary N) is 1. The lowest BCUT2D eigenvalue weighted by molar-refractivity contribution is 0.169. The first-order valence-corrected chi connectivity index (χ1v) is 5.85. The standard InChI is InChI=1S/C9H15NO4S/c1-2-7-13-8-5-3-4-6-9-14-15(10,11)12/h2H,1,5-9H2,(H2,10,11,12). The Hall–Kier alpha value is -0.870. The van der Waals surface area contributed by atoms with Crippen molar-refractivity contribution in [2.45, 2.75) is 12.8 Å². The van der Waals surface area contributed by atoms with Crippen LogP contribution in [0.25, 0.3) is 0 Å². The minimum Gasteiger partial charge on any atom is -0.376 e. The predicted molar refractivity (Wildman–Crippen MR) is 57.1 cm³/mol. The van der Waals surface area contributed by atoms with Crippen LogP contribution in [0.1, 0.15) is 12.8 Å². The molecule has 0 aromatic heterocycles. The summed E-state index contributed by atoms with van der Waals surface area (Å²) >= 11 is 0. The first-order valence-electron chi connectivity index (χ1n) is 4.38. The highest BCUT2D eigenvalue weighted by Gasteiger charge is 1.98. The van der Waals surface area contributed by atoms with Crippen molar-refractivity contribution < 1.29 is 17.3 Å². The lowest BCUT2D eigenvalue weighted by atomic mass is 10.4. The molecule has 0 heterocycles. The van der Waals surface area contributed by atoms with Crippen molar-refractivity contribution in [3.8, 4) is 11.8 Å². The fourth-order valence-corrected chi connectivity index (χ4v) is 0.991. The number of hydrogen-bond acceptors (Lipinski definition) is 4. The summed E-state index contributed by atoms with van der Waals surface area (Å²) in [7, 11) is -3.83. The maximum Gasteiger partial charge on any atom is 0.333 e. The van der Waals surface area contributed by atoms with Crippen LogP contribution >= 0.6 is 0 Å². The second kappa shape index (κ2) is 8.44. The highest BCUT2D eigenvalue weighted by molar-refractivity contribution is 7.84. The molecule has 0 amide bonds. The van der Waals surface area contributed by atoms with Crippen LogP contribution in [0.4, 0.5) is 0 Å². The van der Waals surface area contributed by atoms with Gasteiger partial charge in [0.2, 0.25) is 0 Å². The molecule has 2 N–H and O–H groups in total. The van der Waals surface area contributed by atoms with Crippen LogP contribution in [0.3, 0.4) is 0 Å². The number of rotatable bonds is 7. The highest BCUT2D eigenvalue weighted by atomic mass is 32.2. The molecule has 0 spiro atoms. The summed E-state index contributed by atoms with van der Waals surface area (Å²) in [6.07, 6.45) is 2.59.